The van der Waals surface area contributed by atoms with Crippen molar-refractivity contribution in [3.8, 4) is 17.2 Å². The zero-order valence-corrected chi connectivity index (χ0v) is 40.1. The molecule has 0 fully saturated rings. The summed E-state index contributed by atoms with van der Waals surface area (Å²) in [6.45, 7) is 20.8. The first-order valence-corrected chi connectivity index (χ1v) is 25.8. The van der Waals surface area contributed by atoms with Crippen molar-refractivity contribution < 1.29 is 13.6 Å². The Morgan fingerprint density at radius 2 is 0.483 bits per heavy atom. The molecule has 4 heteroatoms. The van der Waals surface area contributed by atoms with Crippen LogP contribution in [0.15, 0.2) is 36.4 Å². The van der Waals surface area contributed by atoms with Crippen LogP contribution in [0.3, 0.4) is 0 Å². The van der Waals surface area contributed by atoms with Gasteiger partial charge in [0.25, 0.3) is 0 Å². The van der Waals surface area contributed by atoms with Crippen LogP contribution in [0.2, 0.25) is 0 Å². The Morgan fingerprint density at radius 3 is 0.707 bits per heavy atom. The number of benzene rings is 3. The van der Waals surface area contributed by atoms with E-state index in [-0.39, 0.29) is 0 Å². The molecule has 0 radical (unpaired) electrons. The van der Waals surface area contributed by atoms with Crippen molar-refractivity contribution >= 4 is 8.60 Å². The molecule has 0 aliphatic heterocycles. The minimum Gasteiger partial charge on any atom is -0.408 e. The molecule has 0 aliphatic carbocycles. The van der Waals surface area contributed by atoms with E-state index >= 15 is 0 Å². The minimum atomic E-state index is -1.82. The van der Waals surface area contributed by atoms with Crippen molar-refractivity contribution in [1.29, 1.82) is 0 Å². The van der Waals surface area contributed by atoms with Crippen molar-refractivity contribution in [2.24, 2.45) is 0 Å². The molecule has 0 aliphatic rings. The molecule has 0 bridgehead atoms. The number of hydrogen-bond donors (Lipinski definition) is 0. The van der Waals surface area contributed by atoms with Crippen molar-refractivity contribution in [2.75, 3.05) is 0 Å². The first-order chi connectivity index (χ1) is 28.4. The highest BCUT2D eigenvalue weighted by Gasteiger charge is 2.28. The summed E-state index contributed by atoms with van der Waals surface area (Å²) in [5.74, 6) is 2.90. The van der Waals surface area contributed by atoms with E-state index in [2.05, 4.69) is 98.7 Å². The van der Waals surface area contributed by atoms with Crippen LogP contribution in [0.1, 0.15) is 228 Å². The lowest BCUT2D eigenvalue weighted by atomic mass is 9.90. The average molecular weight is 815 g/mol. The second kappa shape index (κ2) is 29.7. The van der Waals surface area contributed by atoms with Gasteiger partial charge in [-0.2, -0.15) is 0 Å². The second-order valence-corrected chi connectivity index (χ2v) is 18.0. The van der Waals surface area contributed by atoms with E-state index < -0.39 is 8.60 Å². The van der Waals surface area contributed by atoms with Crippen LogP contribution in [-0.2, 0) is 57.8 Å². The van der Waals surface area contributed by atoms with Crippen LogP contribution in [0.5, 0.6) is 17.2 Å². The first-order valence-electron chi connectivity index (χ1n) is 24.7. The Morgan fingerprint density at radius 1 is 0.276 bits per heavy atom. The average Bonchev–Trinajstić information content (AvgIpc) is 3.24. The minimum absolute atomic E-state index is 0.965. The molecule has 326 valence electrons. The summed E-state index contributed by atoms with van der Waals surface area (Å²) in [6, 6.07) is 13.9. The quantitative estimate of drug-likeness (QED) is 0.0573. The van der Waals surface area contributed by atoms with E-state index in [0.29, 0.717) is 0 Å². The molecule has 0 saturated heterocycles. The molecule has 0 amide bonds. The normalized spacial score (nSPS) is 11.5. The van der Waals surface area contributed by atoms with Gasteiger partial charge in [-0.3, -0.25) is 0 Å². The summed E-state index contributed by atoms with van der Waals surface area (Å²) in [5.41, 5.74) is 13.3. The van der Waals surface area contributed by atoms with Gasteiger partial charge in [0, 0.05) is 0 Å². The van der Waals surface area contributed by atoms with Gasteiger partial charge in [0.15, 0.2) is 0 Å². The van der Waals surface area contributed by atoms with Crippen LogP contribution < -0.4 is 13.6 Å². The molecule has 0 aromatic heterocycles. The molecule has 3 aromatic carbocycles. The Hall–Kier alpha value is -2.51. The van der Waals surface area contributed by atoms with Crippen molar-refractivity contribution in [2.45, 2.75) is 236 Å². The van der Waals surface area contributed by atoms with E-state index in [1.165, 1.54) is 127 Å². The van der Waals surface area contributed by atoms with Crippen LogP contribution >= 0.6 is 8.60 Å². The molecule has 0 heterocycles. The fraction of sp³-hybridized carbons (Fsp3) is 0.667. The fourth-order valence-corrected chi connectivity index (χ4v) is 9.50. The van der Waals surface area contributed by atoms with Gasteiger partial charge in [-0.25, -0.2) is 0 Å². The van der Waals surface area contributed by atoms with Gasteiger partial charge in [-0.1, -0.05) is 138 Å². The van der Waals surface area contributed by atoms with E-state index in [0.717, 1.165) is 114 Å². The van der Waals surface area contributed by atoms with Crippen LogP contribution in [0.4, 0.5) is 0 Å². The zero-order chi connectivity index (χ0) is 42.0. The third-order valence-electron chi connectivity index (χ3n) is 12.1. The largest absolute Gasteiger partial charge is 0.530 e. The zero-order valence-electron chi connectivity index (χ0n) is 39.2. The lowest BCUT2D eigenvalue weighted by Crippen LogP contribution is -2.11. The first kappa shape index (κ1) is 49.8. The number of rotatable bonds is 33. The molecule has 0 saturated carbocycles. The lowest BCUT2D eigenvalue weighted by molar-refractivity contribution is 0.381. The molecule has 0 spiro atoms. The number of unbranched alkanes of at least 4 members (excludes halogenated alkanes) is 9. The topological polar surface area (TPSA) is 27.7 Å². The van der Waals surface area contributed by atoms with E-state index in [9.17, 15) is 0 Å². The maximum atomic E-state index is 7.30. The molecule has 3 rings (SSSR count). The predicted octanol–water partition coefficient (Wildman–Crippen LogP) is 17.5. The Labute approximate surface area is 360 Å². The monoisotopic (exact) mass is 815 g/mol. The van der Waals surface area contributed by atoms with E-state index in [1.54, 1.807) is 0 Å². The highest BCUT2D eigenvalue weighted by Crippen LogP contribution is 2.48. The third-order valence-corrected chi connectivity index (χ3v) is 13.1. The lowest BCUT2D eigenvalue weighted by Gasteiger charge is -2.26. The van der Waals surface area contributed by atoms with Crippen LogP contribution in [-0.4, -0.2) is 0 Å². The Bertz CT molecular complexity index is 1380. The molecular weight excluding hydrogens is 728 g/mol. The Balaban J connectivity index is 2.31. The van der Waals surface area contributed by atoms with E-state index in [4.69, 9.17) is 13.6 Å². The number of hydrogen-bond acceptors (Lipinski definition) is 3. The maximum absolute atomic E-state index is 7.30. The SMILES string of the molecule is CCCCc1ccc(OP(Oc2ccc(CCCC)c(CCCC)c2CCCC)Oc2ccc(CCCC)c(CCCC)c2CCCC)c(CCCC)c1CCCC. The molecule has 0 atom stereocenters. The highest BCUT2D eigenvalue weighted by molar-refractivity contribution is 7.43. The molecular formula is C54H87O3P. The van der Waals surface area contributed by atoms with Crippen molar-refractivity contribution in [3.63, 3.8) is 0 Å². The van der Waals surface area contributed by atoms with Gasteiger partial charge in [0.05, 0.1) is 0 Å². The maximum Gasteiger partial charge on any atom is 0.530 e. The second-order valence-electron chi connectivity index (χ2n) is 17.0. The van der Waals surface area contributed by atoms with Gasteiger partial charge in [-0.05, 0) is 184 Å². The van der Waals surface area contributed by atoms with Gasteiger partial charge < -0.3 is 13.6 Å². The molecule has 0 N–H and O–H groups in total. The highest BCUT2D eigenvalue weighted by atomic mass is 31.2. The van der Waals surface area contributed by atoms with Gasteiger partial charge >= 0.3 is 8.60 Å². The van der Waals surface area contributed by atoms with Crippen molar-refractivity contribution in [3.05, 3.63) is 86.5 Å². The molecule has 0 unspecified atom stereocenters. The summed E-state index contributed by atoms with van der Waals surface area (Å²) in [4.78, 5) is 0. The molecule has 3 aromatic rings. The Kier molecular flexibility index (Phi) is 25.5. The van der Waals surface area contributed by atoms with Crippen LogP contribution in [0.25, 0.3) is 0 Å². The third kappa shape index (κ3) is 15.8. The molecule has 3 nitrogen and oxygen atoms in total. The summed E-state index contributed by atoms with van der Waals surface area (Å²) >= 11 is 0. The predicted molar refractivity (Wildman–Crippen MR) is 256 cm³/mol. The van der Waals surface area contributed by atoms with Gasteiger partial charge in [0.1, 0.15) is 17.2 Å². The van der Waals surface area contributed by atoms with E-state index in [1.807, 2.05) is 0 Å². The summed E-state index contributed by atoms with van der Waals surface area (Å²) in [5, 5.41) is 0. The summed E-state index contributed by atoms with van der Waals surface area (Å²) in [7, 11) is -1.82. The van der Waals surface area contributed by atoms with Gasteiger partial charge in [-0.15, -0.1) is 0 Å². The fourth-order valence-electron chi connectivity index (χ4n) is 8.40. The van der Waals surface area contributed by atoms with Crippen LogP contribution in [0, 0.1) is 0 Å². The summed E-state index contributed by atoms with van der Waals surface area (Å²) in [6.07, 6.45) is 31.1. The standard InChI is InChI=1S/C54H87O3P/c1-10-19-28-43-37-40-52(49(34-25-16-7)46(43)31-22-13-4)55-58(56-53-41-38-44(29-20-11-2)47(32-23-14-5)50(53)35-26-17-8)57-54-42-39-45(30-21-12-3)48(33-24-15-6)51(54)36-27-18-9/h37-42H,10-36H2,1-9H3. The molecule has 58 heavy (non-hydrogen) atoms. The number of aryl methyl sites for hydroxylation is 3. The van der Waals surface area contributed by atoms with Gasteiger partial charge in [0.2, 0.25) is 0 Å². The van der Waals surface area contributed by atoms with Crippen molar-refractivity contribution in [1.82, 2.24) is 0 Å². The summed E-state index contributed by atoms with van der Waals surface area (Å²) < 4.78 is 21.9. The smallest absolute Gasteiger partial charge is 0.408 e.